The minimum Gasteiger partial charge on any atom is -0.396 e. The van der Waals surface area contributed by atoms with Crippen molar-refractivity contribution in [1.82, 2.24) is 0 Å². The Balaban J connectivity index is 2.30. The van der Waals surface area contributed by atoms with E-state index in [4.69, 9.17) is 16.7 Å². The zero-order chi connectivity index (χ0) is 15.5. The lowest BCUT2D eigenvalue weighted by atomic mass is 10.0. The zero-order valence-electron chi connectivity index (χ0n) is 11.1. The summed E-state index contributed by atoms with van der Waals surface area (Å²) < 4.78 is 38.5. The second-order valence-corrected chi connectivity index (χ2v) is 5.12. The van der Waals surface area contributed by atoms with Crippen molar-refractivity contribution in [3.8, 4) is 11.1 Å². The molecule has 21 heavy (non-hydrogen) atoms. The van der Waals surface area contributed by atoms with E-state index in [-0.39, 0.29) is 11.6 Å². The molecule has 0 amide bonds. The van der Waals surface area contributed by atoms with Crippen LogP contribution in [0, 0.1) is 0 Å². The molecule has 0 aliphatic heterocycles. The largest absolute Gasteiger partial charge is 0.417 e. The van der Waals surface area contributed by atoms with Crippen molar-refractivity contribution in [1.29, 1.82) is 0 Å². The van der Waals surface area contributed by atoms with Gasteiger partial charge >= 0.3 is 6.18 Å². The van der Waals surface area contributed by atoms with Crippen LogP contribution in [0.2, 0.25) is 5.02 Å². The maximum atomic E-state index is 12.8. The third-order valence-corrected chi connectivity index (χ3v) is 3.51. The van der Waals surface area contributed by atoms with E-state index in [9.17, 15) is 13.2 Å². The van der Waals surface area contributed by atoms with Gasteiger partial charge in [0.05, 0.1) is 10.6 Å². The van der Waals surface area contributed by atoms with Crippen LogP contribution in [0.3, 0.4) is 0 Å². The molecule has 0 aliphatic rings. The molecule has 2 rings (SSSR count). The predicted molar refractivity (Wildman–Crippen MR) is 77.3 cm³/mol. The van der Waals surface area contributed by atoms with Crippen LogP contribution >= 0.6 is 11.6 Å². The predicted octanol–water partition coefficient (Wildman–Crippen LogP) is 4.95. The fraction of sp³-hybridized carbons (Fsp3) is 0.250. The van der Waals surface area contributed by atoms with Crippen molar-refractivity contribution < 1.29 is 18.3 Å². The summed E-state index contributed by atoms with van der Waals surface area (Å²) in [5.41, 5.74) is 1.38. The van der Waals surface area contributed by atoms with E-state index in [2.05, 4.69) is 0 Å². The summed E-state index contributed by atoms with van der Waals surface area (Å²) in [7, 11) is 0. The standard InChI is InChI=1S/C16H14ClF3O/c17-15-8-7-13(10-14(15)16(18,19)20)12-5-3-11(4-6-12)2-1-9-21/h3-8,10,21H,1-2,9H2. The smallest absolute Gasteiger partial charge is 0.396 e. The molecule has 0 fully saturated rings. The highest BCUT2D eigenvalue weighted by Gasteiger charge is 2.33. The molecular formula is C16H14ClF3O. The van der Waals surface area contributed by atoms with Gasteiger partial charge < -0.3 is 5.11 Å². The summed E-state index contributed by atoms with van der Waals surface area (Å²) in [5, 5.41) is 8.47. The molecule has 0 heterocycles. The minimum absolute atomic E-state index is 0.119. The topological polar surface area (TPSA) is 20.2 Å². The summed E-state index contributed by atoms with van der Waals surface area (Å²) in [6.45, 7) is 0.119. The van der Waals surface area contributed by atoms with Crippen LogP contribution in [0.5, 0.6) is 0 Å². The first-order chi connectivity index (χ1) is 9.91. The molecule has 112 valence electrons. The minimum atomic E-state index is -4.46. The maximum absolute atomic E-state index is 12.8. The number of halogens is 4. The van der Waals surface area contributed by atoms with Crippen molar-refractivity contribution in [3.63, 3.8) is 0 Å². The molecule has 2 aromatic rings. The molecule has 1 N–H and O–H groups in total. The van der Waals surface area contributed by atoms with E-state index in [1.807, 2.05) is 12.1 Å². The summed E-state index contributed by atoms with van der Waals surface area (Å²) in [5.74, 6) is 0. The molecule has 0 saturated heterocycles. The van der Waals surface area contributed by atoms with Crippen molar-refractivity contribution in [2.45, 2.75) is 19.0 Å². The number of rotatable bonds is 4. The van der Waals surface area contributed by atoms with Crippen LogP contribution < -0.4 is 0 Å². The van der Waals surface area contributed by atoms with E-state index < -0.39 is 11.7 Å². The Morgan fingerprint density at radius 3 is 2.14 bits per heavy atom. The average molecular weight is 315 g/mol. The number of aliphatic hydroxyl groups excluding tert-OH is 1. The highest BCUT2D eigenvalue weighted by molar-refractivity contribution is 6.31. The maximum Gasteiger partial charge on any atom is 0.417 e. The fourth-order valence-corrected chi connectivity index (χ4v) is 2.29. The van der Waals surface area contributed by atoms with Gasteiger partial charge in [-0.05, 0) is 41.7 Å². The van der Waals surface area contributed by atoms with Crippen molar-refractivity contribution in [2.75, 3.05) is 6.61 Å². The monoisotopic (exact) mass is 314 g/mol. The van der Waals surface area contributed by atoms with Gasteiger partial charge in [0.1, 0.15) is 0 Å². The Hall–Kier alpha value is -1.52. The van der Waals surface area contributed by atoms with Gasteiger partial charge in [-0.15, -0.1) is 0 Å². The molecular weight excluding hydrogens is 301 g/mol. The number of hydrogen-bond acceptors (Lipinski definition) is 1. The molecule has 0 aliphatic carbocycles. The van der Waals surface area contributed by atoms with E-state index in [1.54, 1.807) is 18.2 Å². The van der Waals surface area contributed by atoms with Gasteiger partial charge in [0.25, 0.3) is 0 Å². The Bertz CT molecular complexity index is 606. The van der Waals surface area contributed by atoms with Crippen LogP contribution in [0.15, 0.2) is 42.5 Å². The summed E-state index contributed by atoms with van der Waals surface area (Å²) >= 11 is 5.61. The van der Waals surface area contributed by atoms with Gasteiger partial charge in [-0.25, -0.2) is 0 Å². The number of aryl methyl sites for hydroxylation is 1. The van der Waals surface area contributed by atoms with Gasteiger partial charge in [0.15, 0.2) is 0 Å². The van der Waals surface area contributed by atoms with Crippen molar-refractivity contribution in [3.05, 3.63) is 58.6 Å². The molecule has 0 spiro atoms. The highest BCUT2D eigenvalue weighted by Crippen LogP contribution is 2.37. The van der Waals surface area contributed by atoms with Crippen molar-refractivity contribution >= 4 is 11.6 Å². The first kappa shape index (κ1) is 15.9. The van der Waals surface area contributed by atoms with E-state index in [0.717, 1.165) is 18.1 Å². The highest BCUT2D eigenvalue weighted by atomic mass is 35.5. The summed E-state index contributed by atoms with van der Waals surface area (Å²) in [6, 6.07) is 11.1. The molecule has 0 unspecified atom stereocenters. The van der Waals surface area contributed by atoms with Crippen LogP contribution in [0.4, 0.5) is 13.2 Å². The van der Waals surface area contributed by atoms with Crippen LogP contribution in [0.25, 0.3) is 11.1 Å². The van der Waals surface area contributed by atoms with Gasteiger partial charge in [0.2, 0.25) is 0 Å². The van der Waals surface area contributed by atoms with E-state index in [1.165, 1.54) is 6.07 Å². The first-order valence-corrected chi connectivity index (χ1v) is 6.86. The molecule has 5 heteroatoms. The molecule has 0 aromatic heterocycles. The lowest BCUT2D eigenvalue weighted by Crippen LogP contribution is -2.05. The van der Waals surface area contributed by atoms with E-state index in [0.29, 0.717) is 17.5 Å². The van der Waals surface area contributed by atoms with Crippen LogP contribution in [-0.4, -0.2) is 11.7 Å². The molecule has 0 saturated carbocycles. The second-order valence-electron chi connectivity index (χ2n) is 4.72. The Morgan fingerprint density at radius 1 is 0.952 bits per heavy atom. The van der Waals surface area contributed by atoms with E-state index >= 15 is 0 Å². The molecule has 2 aromatic carbocycles. The molecule has 1 nitrogen and oxygen atoms in total. The second kappa shape index (κ2) is 6.50. The number of alkyl halides is 3. The summed E-state index contributed by atoms with van der Waals surface area (Å²) in [4.78, 5) is 0. The third-order valence-electron chi connectivity index (χ3n) is 3.18. The van der Waals surface area contributed by atoms with Crippen LogP contribution in [-0.2, 0) is 12.6 Å². The Labute approximate surface area is 126 Å². The third kappa shape index (κ3) is 3.99. The number of hydrogen-bond donors (Lipinski definition) is 1. The molecule has 0 radical (unpaired) electrons. The average Bonchev–Trinajstić information content (AvgIpc) is 2.45. The van der Waals surface area contributed by atoms with Gasteiger partial charge in [-0.1, -0.05) is 41.9 Å². The molecule has 0 atom stereocenters. The number of aliphatic hydroxyl groups is 1. The van der Waals surface area contributed by atoms with Crippen LogP contribution in [0.1, 0.15) is 17.5 Å². The summed E-state index contributed by atoms with van der Waals surface area (Å²) in [6.07, 6.45) is -3.06. The lowest BCUT2D eigenvalue weighted by molar-refractivity contribution is -0.137. The number of benzene rings is 2. The lowest BCUT2D eigenvalue weighted by Gasteiger charge is -2.11. The van der Waals surface area contributed by atoms with Gasteiger partial charge in [0, 0.05) is 6.61 Å². The fourth-order valence-electron chi connectivity index (χ4n) is 2.07. The quantitative estimate of drug-likeness (QED) is 0.846. The normalized spacial score (nSPS) is 11.7. The Kier molecular flexibility index (Phi) is 4.91. The van der Waals surface area contributed by atoms with Gasteiger partial charge in [-0.3, -0.25) is 0 Å². The first-order valence-electron chi connectivity index (χ1n) is 6.49. The Morgan fingerprint density at radius 2 is 1.57 bits per heavy atom. The van der Waals surface area contributed by atoms with Crippen molar-refractivity contribution in [2.24, 2.45) is 0 Å². The van der Waals surface area contributed by atoms with Gasteiger partial charge in [-0.2, -0.15) is 13.2 Å². The zero-order valence-corrected chi connectivity index (χ0v) is 11.9. The SMILES string of the molecule is OCCCc1ccc(-c2ccc(Cl)c(C(F)(F)F)c2)cc1. The molecule has 0 bridgehead atoms.